The number of aromatic carboxylic acids is 1. The number of hydrogen-bond acceptors (Lipinski definition) is 7. The third-order valence-electron chi connectivity index (χ3n) is 4.86. The second-order valence-electron chi connectivity index (χ2n) is 7.29. The number of carboxylic acid groups (broad SMARTS) is 1. The zero-order valence-electron chi connectivity index (χ0n) is 18.1. The first-order valence-electron chi connectivity index (χ1n) is 10.2. The Balaban J connectivity index is 2.01. The number of carbonyl (C=O) groups is 2. The van der Waals surface area contributed by atoms with Crippen LogP contribution in [0.1, 0.15) is 51.9 Å². The second-order valence-corrected chi connectivity index (χ2v) is 8.97. The predicted molar refractivity (Wildman–Crippen MR) is 121 cm³/mol. The lowest BCUT2D eigenvalue weighted by Crippen LogP contribution is -2.36. The molecule has 0 aliphatic rings. The molecule has 11 heteroatoms. The number of rotatable bonds is 8. The van der Waals surface area contributed by atoms with Gasteiger partial charge in [-0.1, -0.05) is 19.4 Å². The van der Waals surface area contributed by atoms with Gasteiger partial charge in [0.1, 0.15) is 0 Å². The lowest BCUT2D eigenvalue weighted by Gasteiger charge is -2.14. The van der Waals surface area contributed by atoms with Crippen molar-refractivity contribution in [2.24, 2.45) is 0 Å². The maximum atomic E-state index is 12.7. The number of nitrogens with one attached hydrogen (secondary N) is 1. The Morgan fingerprint density at radius 2 is 1.85 bits per heavy atom. The molecule has 3 rings (SSSR count). The molecule has 34 heavy (non-hydrogen) atoms. The van der Waals surface area contributed by atoms with Crippen molar-refractivity contribution in [3.8, 4) is 11.8 Å². The van der Waals surface area contributed by atoms with Gasteiger partial charge in [-0.25, -0.2) is 22.6 Å². The summed E-state index contributed by atoms with van der Waals surface area (Å²) in [7, 11) is -4.40. The van der Waals surface area contributed by atoms with E-state index in [1.54, 1.807) is 22.9 Å². The van der Waals surface area contributed by atoms with E-state index in [9.17, 15) is 28.1 Å². The number of aromatic nitrogens is 2. The fraction of sp³-hybridized carbons (Fsp3) is 0.174. The van der Waals surface area contributed by atoms with Crippen molar-refractivity contribution < 1.29 is 23.1 Å². The van der Waals surface area contributed by atoms with E-state index >= 15 is 0 Å². The third-order valence-corrected chi connectivity index (χ3v) is 6.21. The van der Waals surface area contributed by atoms with E-state index in [-0.39, 0.29) is 10.5 Å². The van der Waals surface area contributed by atoms with Gasteiger partial charge in [0.2, 0.25) is 5.43 Å². The molecule has 2 aromatic carbocycles. The number of unbranched alkanes of at least 4 members (excludes halogenated alkanes) is 1. The second kappa shape index (κ2) is 10.1. The van der Waals surface area contributed by atoms with E-state index in [0.717, 1.165) is 37.1 Å². The molecular weight excluding hydrogens is 460 g/mol. The molecule has 1 aromatic heterocycles. The number of nitrogens with zero attached hydrogens (tertiary/aromatic N) is 3. The Kier molecular flexibility index (Phi) is 7.23. The van der Waals surface area contributed by atoms with Crippen LogP contribution in [-0.4, -0.2) is 35.2 Å². The highest BCUT2D eigenvalue weighted by molar-refractivity contribution is 7.90. The molecule has 0 atom stereocenters. The summed E-state index contributed by atoms with van der Waals surface area (Å²) in [6, 6.07) is 13.9. The fourth-order valence-electron chi connectivity index (χ4n) is 3.12. The lowest BCUT2D eigenvalue weighted by atomic mass is 10.1. The van der Waals surface area contributed by atoms with Gasteiger partial charge in [0.15, 0.2) is 5.69 Å². The summed E-state index contributed by atoms with van der Waals surface area (Å²) in [6.07, 6.45) is 2.06. The van der Waals surface area contributed by atoms with E-state index in [1.807, 2.05) is 13.0 Å². The molecule has 0 unspecified atom stereocenters. The minimum atomic E-state index is -4.40. The van der Waals surface area contributed by atoms with Gasteiger partial charge in [0, 0.05) is 11.8 Å². The van der Waals surface area contributed by atoms with Crippen LogP contribution in [0, 0.1) is 11.3 Å². The van der Waals surface area contributed by atoms with Crippen LogP contribution in [0.15, 0.2) is 64.3 Å². The van der Waals surface area contributed by atoms with Crippen LogP contribution < -0.4 is 10.2 Å². The fourth-order valence-corrected chi connectivity index (χ4v) is 4.08. The Labute approximate surface area is 195 Å². The monoisotopic (exact) mass is 480 g/mol. The molecule has 0 saturated carbocycles. The van der Waals surface area contributed by atoms with Crippen LogP contribution in [0.25, 0.3) is 5.69 Å². The molecule has 174 valence electrons. The molecular formula is C23H20N4O6S. The molecule has 2 N–H and O–H groups in total. The molecule has 0 aliphatic heterocycles. The van der Waals surface area contributed by atoms with E-state index in [4.69, 9.17) is 5.11 Å². The van der Waals surface area contributed by atoms with Gasteiger partial charge < -0.3 is 5.11 Å². The first-order valence-corrected chi connectivity index (χ1v) is 11.7. The first kappa shape index (κ1) is 24.3. The maximum Gasteiger partial charge on any atom is 0.335 e. The molecule has 0 aliphatic carbocycles. The number of nitriles is 1. The van der Waals surface area contributed by atoms with Gasteiger partial charge in [-0.05, 0) is 55.3 Å². The summed E-state index contributed by atoms with van der Waals surface area (Å²) in [5, 5.41) is 22.3. The van der Waals surface area contributed by atoms with E-state index in [2.05, 4.69) is 5.10 Å². The molecule has 0 fully saturated rings. The minimum Gasteiger partial charge on any atom is -0.478 e. The molecule has 0 spiro atoms. The van der Waals surface area contributed by atoms with Crippen LogP contribution in [0.3, 0.4) is 0 Å². The minimum absolute atomic E-state index is 0.128. The first-order chi connectivity index (χ1) is 16.2. The number of amides is 1. The number of carboxylic acids is 1. The van der Waals surface area contributed by atoms with Gasteiger partial charge in [0.25, 0.3) is 15.9 Å². The average Bonchev–Trinajstić information content (AvgIpc) is 2.82. The highest BCUT2D eigenvalue weighted by atomic mass is 32.2. The van der Waals surface area contributed by atoms with Crippen LogP contribution in [-0.2, 0) is 16.4 Å². The molecule has 1 amide bonds. The molecule has 10 nitrogen and oxygen atoms in total. The Hall–Kier alpha value is -4.30. The van der Waals surface area contributed by atoms with Gasteiger partial charge >= 0.3 is 5.97 Å². The predicted octanol–water partition coefficient (Wildman–Crippen LogP) is 2.26. The number of aryl methyl sites for hydroxylation is 1. The summed E-state index contributed by atoms with van der Waals surface area (Å²) in [6.45, 7) is 1.97. The largest absolute Gasteiger partial charge is 0.478 e. The molecule has 0 saturated heterocycles. The Morgan fingerprint density at radius 1 is 1.15 bits per heavy atom. The van der Waals surface area contributed by atoms with Crippen molar-refractivity contribution in [3.05, 3.63) is 87.3 Å². The van der Waals surface area contributed by atoms with Crippen LogP contribution in [0.5, 0.6) is 0 Å². The van der Waals surface area contributed by atoms with Crippen molar-refractivity contribution in [1.82, 2.24) is 14.5 Å². The highest BCUT2D eigenvalue weighted by Crippen LogP contribution is 2.15. The average molecular weight is 481 g/mol. The van der Waals surface area contributed by atoms with E-state index < -0.39 is 33.0 Å². The molecule has 3 aromatic rings. The van der Waals surface area contributed by atoms with Crippen molar-refractivity contribution in [2.75, 3.05) is 0 Å². The third kappa shape index (κ3) is 5.36. The zero-order valence-corrected chi connectivity index (χ0v) is 18.9. The quantitative estimate of drug-likeness (QED) is 0.497. The number of benzene rings is 2. The summed E-state index contributed by atoms with van der Waals surface area (Å²) < 4.78 is 28.4. The van der Waals surface area contributed by atoms with Crippen molar-refractivity contribution in [2.45, 2.75) is 31.1 Å². The van der Waals surface area contributed by atoms with Crippen LogP contribution in [0.2, 0.25) is 0 Å². The van der Waals surface area contributed by atoms with Crippen LogP contribution in [0.4, 0.5) is 0 Å². The van der Waals surface area contributed by atoms with E-state index in [0.29, 0.717) is 23.4 Å². The number of sulfonamides is 1. The van der Waals surface area contributed by atoms with Gasteiger partial charge in [0.05, 0.1) is 27.8 Å². The van der Waals surface area contributed by atoms with Gasteiger partial charge in [-0.3, -0.25) is 9.59 Å². The summed E-state index contributed by atoms with van der Waals surface area (Å²) in [4.78, 5) is 36.0. The van der Waals surface area contributed by atoms with Gasteiger partial charge in [-0.2, -0.15) is 10.4 Å². The Morgan fingerprint density at radius 3 is 2.47 bits per heavy atom. The molecule has 1 heterocycles. The SMILES string of the molecule is CCCCc1cc(=O)c(C(=O)NS(=O)(=O)c2ccc(C(=O)O)cc2)nn1-c1cccc(C#N)c1. The Bertz CT molecular complexity index is 1450. The summed E-state index contributed by atoms with van der Waals surface area (Å²) >= 11 is 0. The topological polar surface area (TPSA) is 159 Å². The van der Waals surface area contributed by atoms with Crippen LogP contribution >= 0.6 is 0 Å². The van der Waals surface area contributed by atoms with Crippen molar-refractivity contribution >= 4 is 21.9 Å². The zero-order chi connectivity index (χ0) is 24.9. The smallest absolute Gasteiger partial charge is 0.335 e. The van der Waals surface area contributed by atoms with Crippen molar-refractivity contribution in [1.29, 1.82) is 5.26 Å². The van der Waals surface area contributed by atoms with Gasteiger partial charge in [-0.15, -0.1) is 0 Å². The highest BCUT2D eigenvalue weighted by Gasteiger charge is 2.23. The number of hydrogen-bond donors (Lipinski definition) is 2. The lowest BCUT2D eigenvalue weighted by molar-refractivity contribution is 0.0696. The standard InChI is InChI=1S/C23H20N4O6S/c1-2-3-6-18-13-20(28)21(25-27(18)17-7-4-5-15(12-17)14-24)22(29)26-34(32,33)19-10-8-16(9-11-19)23(30)31/h4-5,7-13H,2-3,6H2,1H3,(H,26,29)(H,30,31). The maximum absolute atomic E-state index is 12.7. The molecule has 0 radical (unpaired) electrons. The van der Waals surface area contributed by atoms with Crippen molar-refractivity contribution in [3.63, 3.8) is 0 Å². The van der Waals surface area contributed by atoms with E-state index in [1.165, 1.54) is 16.8 Å². The molecule has 0 bridgehead atoms. The summed E-state index contributed by atoms with van der Waals surface area (Å²) in [5.41, 5.74) is -0.243. The number of carbonyl (C=O) groups excluding carboxylic acids is 1. The normalized spacial score (nSPS) is 10.9. The summed E-state index contributed by atoms with van der Waals surface area (Å²) in [5.74, 6) is -2.47.